The first kappa shape index (κ1) is 60.2. The Morgan fingerprint density at radius 3 is 1.55 bits per heavy atom. The van der Waals surface area contributed by atoms with Gasteiger partial charge < -0.3 is 45.1 Å². The van der Waals surface area contributed by atoms with Crippen LogP contribution in [0.4, 0.5) is 0 Å². The van der Waals surface area contributed by atoms with E-state index in [2.05, 4.69) is 31.3 Å². The lowest BCUT2D eigenvalue weighted by Crippen LogP contribution is -2.60. The Bertz CT molecular complexity index is 1120. The first-order valence-corrected chi connectivity index (χ1v) is 26.6. The van der Waals surface area contributed by atoms with Crippen molar-refractivity contribution in [1.82, 2.24) is 5.32 Å². The van der Waals surface area contributed by atoms with Gasteiger partial charge in [-0.25, -0.2) is 0 Å². The van der Waals surface area contributed by atoms with E-state index >= 15 is 0 Å². The fourth-order valence-electron chi connectivity index (χ4n) is 8.27. The molecular weight excluding hydrogens is 811 g/mol. The molecule has 7 unspecified atom stereocenters. The predicted octanol–water partition coefficient (Wildman–Crippen LogP) is 11.0. The minimum absolute atomic E-state index is 0.0293. The number of amides is 1. The van der Waals surface area contributed by atoms with Crippen molar-refractivity contribution in [2.75, 3.05) is 19.8 Å². The van der Waals surface area contributed by atoms with E-state index in [4.69, 9.17) is 14.2 Å². The van der Waals surface area contributed by atoms with E-state index in [1.807, 2.05) is 6.08 Å². The number of esters is 1. The third kappa shape index (κ3) is 33.6. The predicted molar refractivity (Wildman–Crippen MR) is 260 cm³/mol. The third-order valence-electron chi connectivity index (χ3n) is 12.6. The van der Waals surface area contributed by atoms with Crippen molar-refractivity contribution in [3.63, 3.8) is 0 Å². The van der Waals surface area contributed by atoms with Gasteiger partial charge in [0.25, 0.3) is 0 Å². The van der Waals surface area contributed by atoms with Gasteiger partial charge in [-0.1, -0.05) is 205 Å². The molecule has 11 nitrogen and oxygen atoms in total. The number of aliphatic hydroxyl groups is 5. The number of nitrogens with one attached hydrogen (secondary N) is 1. The highest BCUT2D eigenvalue weighted by atomic mass is 16.7. The van der Waals surface area contributed by atoms with Crippen LogP contribution in [0.1, 0.15) is 239 Å². The Morgan fingerprint density at radius 1 is 0.562 bits per heavy atom. The molecule has 64 heavy (non-hydrogen) atoms. The number of unbranched alkanes of at least 4 members (excludes halogenated alkanes) is 29. The molecule has 1 aliphatic rings. The van der Waals surface area contributed by atoms with Gasteiger partial charge in [-0.3, -0.25) is 9.59 Å². The van der Waals surface area contributed by atoms with Gasteiger partial charge in [0.1, 0.15) is 24.4 Å². The normalized spacial score (nSPS) is 20.0. The lowest BCUT2D eigenvalue weighted by Gasteiger charge is -2.40. The molecule has 1 amide bonds. The van der Waals surface area contributed by atoms with E-state index < -0.39 is 49.5 Å². The number of carbonyl (C=O) groups is 2. The van der Waals surface area contributed by atoms with Crippen LogP contribution in [-0.4, -0.2) is 100 Å². The summed E-state index contributed by atoms with van der Waals surface area (Å²) in [6, 6.07) is -0.835. The van der Waals surface area contributed by atoms with Gasteiger partial charge in [-0.05, 0) is 44.9 Å². The Labute approximate surface area is 391 Å². The average Bonchev–Trinajstić information content (AvgIpc) is 3.29. The SMILES string of the molecule is CCCCCCCC/C=C/CC/C=C/C(O)C(COC1OC(CO)C(O)C(O)C1O)NC(=O)CCCCCCCCCCCCCCCOC(=O)CCCCCCCCCCCCC. The Kier molecular flexibility index (Phi) is 41.1. The van der Waals surface area contributed by atoms with Crippen molar-refractivity contribution < 1.29 is 49.3 Å². The average molecular weight is 910 g/mol. The van der Waals surface area contributed by atoms with Crippen LogP contribution in [-0.2, 0) is 23.8 Å². The maximum absolute atomic E-state index is 13.0. The molecule has 376 valence electrons. The quantitative estimate of drug-likeness (QED) is 0.0196. The fourth-order valence-corrected chi connectivity index (χ4v) is 8.27. The van der Waals surface area contributed by atoms with Crippen molar-refractivity contribution in [1.29, 1.82) is 0 Å². The molecule has 6 N–H and O–H groups in total. The van der Waals surface area contributed by atoms with Gasteiger partial charge in [0.2, 0.25) is 5.91 Å². The standard InChI is InChI=1S/C53H99NO10/c1-3-5-7-9-11-13-15-20-23-27-31-35-39-46(56)45(44-63-53-52(61)51(60)50(59)47(43-55)64-53)54-48(57)40-36-32-28-24-21-17-16-18-22-26-30-34-38-42-62-49(58)41-37-33-29-25-19-14-12-10-8-6-4-2/h20,23,35,39,45-47,50-53,55-56,59-61H,3-19,21-22,24-34,36-38,40-44H2,1-2H3,(H,54,57)/b23-20+,39-35+. The molecule has 0 radical (unpaired) electrons. The second-order valence-electron chi connectivity index (χ2n) is 18.6. The van der Waals surface area contributed by atoms with E-state index in [1.165, 1.54) is 141 Å². The summed E-state index contributed by atoms with van der Waals surface area (Å²) in [5, 5.41) is 54.2. The van der Waals surface area contributed by atoms with Crippen LogP contribution in [0, 0.1) is 0 Å². The van der Waals surface area contributed by atoms with Crippen LogP contribution in [0.3, 0.4) is 0 Å². The van der Waals surface area contributed by atoms with Crippen LogP contribution in [0.25, 0.3) is 0 Å². The zero-order valence-corrected chi connectivity index (χ0v) is 41.0. The molecule has 0 aromatic rings. The van der Waals surface area contributed by atoms with Crippen molar-refractivity contribution >= 4 is 11.9 Å². The smallest absolute Gasteiger partial charge is 0.305 e. The first-order chi connectivity index (χ1) is 31.2. The number of hydrogen-bond acceptors (Lipinski definition) is 10. The van der Waals surface area contributed by atoms with Crippen LogP contribution in [0.15, 0.2) is 24.3 Å². The minimum atomic E-state index is -1.58. The molecule has 0 aliphatic carbocycles. The summed E-state index contributed by atoms with van der Waals surface area (Å²) in [6.45, 7) is 4.26. The number of carbonyl (C=O) groups excluding carboxylic acids is 2. The zero-order valence-electron chi connectivity index (χ0n) is 41.0. The van der Waals surface area contributed by atoms with E-state index in [9.17, 15) is 35.1 Å². The number of hydrogen-bond donors (Lipinski definition) is 6. The van der Waals surface area contributed by atoms with Crippen LogP contribution in [0.2, 0.25) is 0 Å². The van der Waals surface area contributed by atoms with Crippen molar-refractivity contribution in [3.05, 3.63) is 24.3 Å². The molecule has 1 aliphatic heterocycles. The number of allylic oxidation sites excluding steroid dienone is 3. The highest BCUT2D eigenvalue weighted by Crippen LogP contribution is 2.23. The summed E-state index contributed by atoms with van der Waals surface area (Å²) >= 11 is 0. The van der Waals surface area contributed by atoms with Crippen LogP contribution in [0.5, 0.6) is 0 Å². The molecule has 0 saturated carbocycles. The number of aliphatic hydroxyl groups excluding tert-OH is 5. The summed E-state index contributed by atoms with van der Waals surface area (Å²) in [5.74, 6) is -0.235. The molecule has 0 aromatic carbocycles. The molecule has 7 atom stereocenters. The molecule has 11 heteroatoms. The number of rotatable bonds is 45. The Hall–Kier alpha value is -1.86. The second-order valence-corrected chi connectivity index (χ2v) is 18.6. The molecule has 1 rings (SSSR count). The summed E-state index contributed by atoms with van der Waals surface area (Å²) < 4.78 is 16.6. The summed E-state index contributed by atoms with van der Waals surface area (Å²) in [7, 11) is 0. The van der Waals surface area contributed by atoms with E-state index in [0.29, 0.717) is 19.4 Å². The first-order valence-electron chi connectivity index (χ1n) is 26.6. The molecule has 0 spiro atoms. The minimum Gasteiger partial charge on any atom is -0.466 e. The lowest BCUT2D eigenvalue weighted by molar-refractivity contribution is -0.302. The van der Waals surface area contributed by atoms with E-state index in [1.54, 1.807) is 6.08 Å². The largest absolute Gasteiger partial charge is 0.466 e. The van der Waals surface area contributed by atoms with Crippen molar-refractivity contribution in [2.45, 2.75) is 281 Å². The third-order valence-corrected chi connectivity index (χ3v) is 12.6. The van der Waals surface area contributed by atoms with Crippen molar-refractivity contribution in [2.24, 2.45) is 0 Å². The van der Waals surface area contributed by atoms with Crippen LogP contribution < -0.4 is 5.32 Å². The monoisotopic (exact) mass is 910 g/mol. The maximum Gasteiger partial charge on any atom is 0.305 e. The highest BCUT2D eigenvalue weighted by Gasteiger charge is 2.44. The topological polar surface area (TPSA) is 175 Å². The van der Waals surface area contributed by atoms with Gasteiger partial charge >= 0.3 is 5.97 Å². The molecular formula is C53H99NO10. The lowest BCUT2D eigenvalue weighted by atomic mass is 9.99. The van der Waals surface area contributed by atoms with Crippen LogP contribution >= 0.6 is 0 Å². The molecule has 1 saturated heterocycles. The molecule has 1 heterocycles. The summed E-state index contributed by atoms with van der Waals surface area (Å²) in [4.78, 5) is 25.0. The number of ether oxygens (including phenoxy) is 3. The Balaban J connectivity index is 2.18. The van der Waals surface area contributed by atoms with Gasteiger partial charge in [0.05, 0.1) is 32.0 Å². The van der Waals surface area contributed by atoms with Gasteiger partial charge in [0.15, 0.2) is 6.29 Å². The van der Waals surface area contributed by atoms with Gasteiger partial charge in [0, 0.05) is 12.8 Å². The van der Waals surface area contributed by atoms with Gasteiger partial charge in [-0.2, -0.15) is 0 Å². The fraction of sp³-hybridized carbons (Fsp3) is 0.887. The molecule has 0 aromatic heterocycles. The maximum atomic E-state index is 13.0. The Morgan fingerprint density at radius 2 is 1.02 bits per heavy atom. The summed E-state index contributed by atoms with van der Waals surface area (Å²) in [5.41, 5.74) is 0. The summed E-state index contributed by atoms with van der Waals surface area (Å²) in [6.07, 6.45) is 39.6. The van der Waals surface area contributed by atoms with Gasteiger partial charge in [-0.15, -0.1) is 0 Å². The van der Waals surface area contributed by atoms with E-state index in [0.717, 1.165) is 70.6 Å². The molecule has 1 fully saturated rings. The highest BCUT2D eigenvalue weighted by molar-refractivity contribution is 5.76. The molecule has 0 bridgehead atoms. The second kappa shape index (κ2) is 43.7. The van der Waals surface area contributed by atoms with E-state index in [-0.39, 0.29) is 18.5 Å². The van der Waals surface area contributed by atoms with Crippen molar-refractivity contribution in [3.8, 4) is 0 Å². The zero-order chi connectivity index (χ0) is 46.7.